The number of carbonyl (C=O) groups excluding carboxylic acids is 1. The molecule has 0 aliphatic carbocycles. The van der Waals surface area contributed by atoms with Crippen molar-refractivity contribution in [1.82, 2.24) is 5.32 Å². The summed E-state index contributed by atoms with van der Waals surface area (Å²) in [7, 11) is 0. The molecular formula is C19H24N2O. The van der Waals surface area contributed by atoms with Gasteiger partial charge in [-0.2, -0.15) is 0 Å². The van der Waals surface area contributed by atoms with Crippen LogP contribution in [0.4, 0.5) is 0 Å². The van der Waals surface area contributed by atoms with E-state index in [0.29, 0.717) is 13.1 Å². The Morgan fingerprint density at radius 3 is 2.14 bits per heavy atom. The largest absolute Gasteiger partial charge is 0.355 e. The Morgan fingerprint density at radius 2 is 1.59 bits per heavy atom. The standard InChI is InChI=1S/C19H24N2O/c1-19(2,16-11-7-4-8-12-16)14-21-18(22)17(13-20)15-9-5-3-6-10-15/h3-12,17H,13-14,20H2,1-2H3,(H,21,22). The zero-order valence-corrected chi connectivity index (χ0v) is 13.3. The molecule has 1 unspecified atom stereocenters. The van der Waals surface area contributed by atoms with Crippen LogP contribution in [0.3, 0.4) is 0 Å². The van der Waals surface area contributed by atoms with Crippen LogP contribution >= 0.6 is 0 Å². The summed E-state index contributed by atoms with van der Waals surface area (Å²) in [5.41, 5.74) is 7.84. The van der Waals surface area contributed by atoms with Gasteiger partial charge in [-0.25, -0.2) is 0 Å². The van der Waals surface area contributed by atoms with Crippen LogP contribution in [-0.4, -0.2) is 19.0 Å². The lowest BCUT2D eigenvalue weighted by Crippen LogP contribution is -2.40. The number of amides is 1. The molecule has 0 radical (unpaired) electrons. The Kier molecular flexibility index (Phi) is 5.34. The Hall–Kier alpha value is -2.13. The molecule has 0 fully saturated rings. The smallest absolute Gasteiger partial charge is 0.228 e. The van der Waals surface area contributed by atoms with Gasteiger partial charge in [-0.15, -0.1) is 0 Å². The summed E-state index contributed by atoms with van der Waals surface area (Å²) >= 11 is 0. The van der Waals surface area contributed by atoms with Crippen molar-refractivity contribution in [3.8, 4) is 0 Å². The minimum Gasteiger partial charge on any atom is -0.355 e. The summed E-state index contributed by atoms with van der Waals surface area (Å²) in [5.74, 6) is -0.314. The number of benzene rings is 2. The third-order valence-corrected chi connectivity index (χ3v) is 4.01. The minimum atomic E-state index is -0.298. The molecule has 2 aromatic rings. The van der Waals surface area contributed by atoms with E-state index >= 15 is 0 Å². The van der Waals surface area contributed by atoms with Crippen molar-refractivity contribution in [2.75, 3.05) is 13.1 Å². The number of rotatable bonds is 6. The highest BCUT2D eigenvalue weighted by atomic mass is 16.1. The summed E-state index contributed by atoms with van der Waals surface area (Å²) in [6.45, 7) is 5.14. The summed E-state index contributed by atoms with van der Waals surface area (Å²) < 4.78 is 0. The van der Waals surface area contributed by atoms with Crippen LogP contribution in [0.15, 0.2) is 60.7 Å². The summed E-state index contributed by atoms with van der Waals surface area (Å²) in [4.78, 5) is 12.5. The third kappa shape index (κ3) is 3.95. The second-order valence-electron chi connectivity index (χ2n) is 6.17. The van der Waals surface area contributed by atoms with Crippen LogP contribution in [0.1, 0.15) is 30.9 Å². The quantitative estimate of drug-likeness (QED) is 0.861. The van der Waals surface area contributed by atoms with Gasteiger partial charge in [0.1, 0.15) is 0 Å². The van der Waals surface area contributed by atoms with E-state index in [0.717, 1.165) is 5.56 Å². The van der Waals surface area contributed by atoms with E-state index in [2.05, 4.69) is 31.3 Å². The molecule has 0 aliphatic heterocycles. The first-order valence-electron chi connectivity index (χ1n) is 7.63. The van der Waals surface area contributed by atoms with Crippen LogP contribution in [0.5, 0.6) is 0 Å². The molecule has 1 atom stereocenters. The van der Waals surface area contributed by atoms with Crippen molar-refractivity contribution in [3.63, 3.8) is 0 Å². The molecule has 3 N–H and O–H groups in total. The van der Waals surface area contributed by atoms with Crippen molar-refractivity contribution in [2.45, 2.75) is 25.2 Å². The molecule has 0 aliphatic rings. The van der Waals surface area contributed by atoms with Gasteiger partial charge in [0.05, 0.1) is 5.92 Å². The van der Waals surface area contributed by atoms with E-state index in [1.807, 2.05) is 48.5 Å². The van der Waals surface area contributed by atoms with Gasteiger partial charge in [0.2, 0.25) is 5.91 Å². The van der Waals surface area contributed by atoms with E-state index in [1.165, 1.54) is 5.56 Å². The first-order chi connectivity index (χ1) is 10.5. The lowest BCUT2D eigenvalue weighted by molar-refractivity contribution is -0.122. The first-order valence-corrected chi connectivity index (χ1v) is 7.63. The van der Waals surface area contributed by atoms with Gasteiger partial charge in [0.15, 0.2) is 0 Å². The maximum atomic E-state index is 12.5. The van der Waals surface area contributed by atoms with Gasteiger partial charge < -0.3 is 11.1 Å². The monoisotopic (exact) mass is 296 g/mol. The van der Waals surface area contributed by atoms with Gasteiger partial charge in [-0.05, 0) is 11.1 Å². The van der Waals surface area contributed by atoms with Gasteiger partial charge >= 0.3 is 0 Å². The lowest BCUT2D eigenvalue weighted by Gasteiger charge is -2.27. The van der Waals surface area contributed by atoms with Crippen molar-refractivity contribution in [3.05, 3.63) is 71.8 Å². The van der Waals surface area contributed by atoms with E-state index < -0.39 is 0 Å². The van der Waals surface area contributed by atoms with E-state index in [-0.39, 0.29) is 17.2 Å². The predicted octanol–water partition coefficient (Wildman–Crippen LogP) is 2.82. The molecule has 1 amide bonds. The lowest BCUT2D eigenvalue weighted by atomic mass is 9.84. The first kappa shape index (κ1) is 16.2. The molecule has 22 heavy (non-hydrogen) atoms. The van der Waals surface area contributed by atoms with Crippen LogP contribution in [0, 0.1) is 0 Å². The SMILES string of the molecule is CC(C)(CNC(=O)C(CN)c1ccccc1)c1ccccc1. The molecule has 0 aromatic heterocycles. The van der Waals surface area contributed by atoms with Gasteiger partial charge in [0.25, 0.3) is 0 Å². The fourth-order valence-corrected chi connectivity index (χ4v) is 2.50. The molecule has 116 valence electrons. The molecule has 0 saturated heterocycles. The Morgan fingerprint density at radius 1 is 1.05 bits per heavy atom. The van der Waals surface area contributed by atoms with E-state index in [4.69, 9.17) is 5.73 Å². The molecule has 2 aromatic carbocycles. The average Bonchev–Trinajstić information content (AvgIpc) is 2.56. The highest BCUT2D eigenvalue weighted by Crippen LogP contribution is 2.22. The van der Waals surface area contributed by atoms with Crippen LogP contribution in [0.25, 0.3) is 0 Å². The van der Waals surface area contributed by atoms with Gasteiger partial charge in [-0.1, -0.05) is 74.5 Å². The van der Waals surface area contributed by atoms with Crippen molar-refractivity contribution in [1.29, 1.82) is 0 Å². The summed E-state index contributed by atoms with van der Waals surface area (Å²) in [5, 5.41) is 3.05. The van der Waals surface area contributed by atoms with Crippen LogP contribution in [0.2, 0.25) is 0 Å². The second-order valence-corrected chi connectivity index (χ2v) is 6.17. The molecule has 0 bridgehead atoms. The highest BCUT2D eigenvalue weighted by Gasteiger charge is 2.24. The predicted molar refractivity (Wildman–Crippen MR) is 90.7 cm³/mol. The maximum Gasteiger partial charge on any atom is 0.228 e. The fourth-order valence-electron chi connectivity index (χ4n) is 2.50. The second kappa shape index (κ2) is 7.23. The van der Waals surface area contributed by atoms with E-state index in [1.54, 1.807) is 0 Å². The Labute approximate surface area is 132 Å². The molecule has 0 heterocycles. The molecule has 0 saturated carbocycles. The highest BCUT2D eigenvalue weighted by molar-refractivity contribution is 5.84. The Bertz CT molecular complexity index is 593. The van der Waals surface area contributed by atoms with Crippen molar-refractivity contribution in [2.24, 2.45) is 5.73 Å². The molecule has 2 rings (SSSR count). The van der Waals surface area contributed by atoms with E-state index in [9.17, 15) is 4.79 Å². The van der Waals surface area contributed by atoms with Crippen molar-refractivity contribution >= 4 is 5.91 Å². The summed E-state index contributed by atoms with van der Waals surface area (Å²) in [6, 6.07) is 19.9. The van der Waals surface area contributed by atoms with Crippen LogP contribution in [-0.2, 0) is 10.2 Å². The number of carbonyl (C=O) groups is 1. The number of hydrogen-bond acceptors (Lipinski definition) is 2. The Balaban J connectivity index is 2.02. The number of nitrogens with two attached hydrogens (primary N) is 1. The molecule has 0 spiro atoms. The zero-order valence-electron chi connectivity index (χ0n) is 13.3. The summed E-state index contributed by atoms with van der Waals surface area (Å²) in [6.07, 6.45) is 0. The number of hydrogen-bond donors (Lipinski definition) is 2. The topological polar surface area (TPSA) is 55.1 Å². The average molecular weight is 296 g/mol. The zero-order chi connectivity index (χ0) is 16.0. The molecule has 3 nitrogen and oxygen atoms in total. The number of nitrogens with one attached hydrogen (secondary N) is 1. The van der Waals surface area contributed by atoms with Crippen LogP contribution < -0.4 is 11.1 Å². The van der Waals surface area contributed by atoms with Gasteiger partial charge in [0, 0.05) is 18.5 Å². The third-order valence-electron chi connectivity index (χ3n) is 4.01. The molecule has 3 heteroatoms. The maximum absolute atomic E-state index is 12.5. The fraction of sp³-hybridized carbons (Fsp3) is 0.316. The normalized spacial score (nSPS) is 12.7. The molecular weight excluding hydrogens is 272 g/mol. The minimum absolute atomic E-state index is 0.0160. The van der Waals surface area contributed by atoms with Gasteiger partial charge in [-0.3, -0.25) is 4.79 Å². The van der Waals surface area contributed by atoms with Crippen molar-refractivity contribution < 1.29 is 4.79 Å².